The van der Waals surface area contributed by atoms with Gasteiger partial charge in [0.1, 0.15) is 0 Å². The minimum atomic E-state index is -0.546. The summed E-state index contributed by atoms with van der Waals surface area (Å²) in [7, 11) is 0. The van der Waals surface area contributed by atoms with Crippen molar-refractivity contribution in [1.82, 2.24) is 4.90 Å². The van der Waals surface area contributed by atoms with Crippen molar-refractivity contribution < 1.29 is 9.53 Å². The van der Waals surface area contributed by atoms with Gasteiger partial charge in [-0.15, -0.1) is 0 Å². The zero-order valence-electron chi connectivity index (χ0n) is 10.1. The fourth-order valence-electron chi connectivity index (χ4n) is 2.48. The molecule has 0 aromatic carbocycles. The molecule has 1 amide bonds. The molecule has 0 spiro atoms. The second-order valence-electron chi connectivity index (χ2n) is 5.08. The predicted molar refractivity (Wildman–Crippen MR) is 61.9 cm³/mol. The largest absolute Gasteiger partial charge is 0.381 e. The summed E-state index contributed by atoms with van der Waals surface area (Å²) in [6.07, 6.45) is 3.86. The minimum absolute atomic E-state index is 0.146. The molecule has 2 rings (SSSR count). The maximum atomic E-state index is 12.2. The van der Waals surface area contributed by atoms with Crippen molar-refractivity contribution in [2.45, 2.75) is 38.1 Å². The third kappa shape index (κ3) is 2.23. The second kappa shape index (κ2) is 4.72. The SMILES string of the molecule is CCN(CC1CCOC1)C(=O)C1(N)CCC1. The average molecular weight is 226 g/mol. The van der Waals surface area contributed by atoms with E-state index in [9.17, 15) is 4.79 Å². The summed E-state index contributed by atoms with van der Waals surface area (Å²) in [5.74, 6) is 0.653. The van der Waals surface area contributed by atoms with Gasteiger partial charge in [0.25, 0.3) is 0 Å². The van der Waals surface area contributed by atoms with E-state index in [2.05, 4.69) is 0 Å². The summed E-state index contributed by atoms with van der Waals surface area (Å²) in [5.41, 5.74) is 5.53. The van der Waals surface area contributed by atoms with Crippen molar-refractivity contribution in [1.29, 1.82) is 0 Å². The van der Waals surface area contributed by atoms with Gasteiger partial charge in [-0.05, 0) is 32.6 Å². The van der Waals surface area contributed by atoms with E-state index in [1.165, 1.54) is 0 Å². The van der Waals surface area contributed by atoms with E-state index in [4.69, 9.17) is 10.5 Å². The van der Waals surface area contributed by atoms with Crippen LogP contribution in [0.4, 0.5) is 0 Å². The fraction of sp³-hybridized carbons (Fsp3) is 0.917. The van der Waals surface area contributed by atoms with E-state index >= 15 is 0 Å². The van der Waals surface area contributed by atoms with Crippen molar-refractivity contribution >= 4 is 5.91 Å². The van der Waals surface area contributed by atoms with Crippen molar-refractivity contribution in [2.24, 2.45) is 11.7 Å². The van der Waals surface area contributed by atoms with Crippen LogP contribution in [0.5, 0.6) is 0 Å². The van der Waals surface area contributed by atoms with Crippen molar-refractivity contribution in [3.05, 3.63) is 0 Å². The zero-order chi connectivity index (χ0) is 11.6. The first kappa shape index (κ1) is 11.9. The van der Waals surface area contributed by atoms with Gasteiger partial charge in [-0.3, -0.25) is 4.79 Å². The Balaban J connectivity index is 1.90. The summed E-state index contributed by atoms with van der Waals surface area (Å²) in [4.78, 5) is 14.1. The maximum Gasteiger partial charge on any atom is 0.242 e. The third-order valence-electron chi connectivity index (χ3n) is 3.84. The van der Waals surface area contributed by atoms with E-state index in [1.54, 1.807) is 0 Å². The van der Waals surface area contributed by atoms with Crippen LogP contribution in [0, 0.1) is 5.92 Å². The van der Waals surface area contributed by atoms with Crippen LogP contribution in [0.3, 0.4) is 0 Å². The molecule has 0 aromatic rings. The van der Waals surface area contributed by atoms with Crippen LogP contribution in [0.1, 0.15) is 32.6 Å². The number of nitrogens with two attached hydrogens (primary N) is 1. The first-order chi connectivity index (χ1) is 7.65. The van der Waals surface area contributed by atoms with Gasteiger partial charge < -0.3 is 15.4 Å². The van der Waals surface area contributed by atoms with Crippen LogP contribution >= 0.6 is 0 Å². The maximum absolute atomic E-state index is 12.2. The molecule has 1 saturated heterocycles. The molecule has 1 aliphatic heterocycles. The molecule has 1 aliphatic carbocycles. The van der Waals surface area contributed by atoms with Crippen molar-refractivity contribution in [2.75, 3.05) is 26.3 Å². The van der Waals surface area contributed by atoms with Gasteiger partial charge in [0.15, 0.2) is 0 Å². The van der Waals surface area contributed by atoms with E-state index < -0.39 is 5.54 Å². The molecular weight excluding hydrogens is 204 g/mol. The first-order valence-corrected chi connectivity index (χ1v) is 6.32. The lowest BCUT2D eigenvalue weighted by Crippen LogP contribution is -2.60. The molecule has 2 N–H and O–H groups in total. The molecule has 16 heavy (non-hydrogen) atoms. The third-order valence-corrected chi connectivity index (χ3v) is 3.84. The van der Waals surface area contributed by atoms with Crippen LogP contribution in [0.15, 0.2) is 0 Å². The molecule has 2 fully saturated rings. The Bertz CT molecular complexity index is 258. The number of carbonyl (C=O) groups is 1. The van der Waals surface area contributed by atoms with Gasteiger partial charge in [-0.2, -0.15) is 0 Å². The molecule has 4 heteroatoms. The van der Waals surface area contributed by atoms with Crippen molar-refractivity contribution in [3.8, 4) is 0 Å². The van der Waals surface area contributed by atoms with E-state index in [0.717, 1.165) is 52.0 Å². The normalized spacial score (nSPS) is 27.5. The lowest BCUT2D eigenvalue weighted by atomic mass is 9.76. The highest BCUT2D eigenvalue weighted by molar-refractivity contribution is 5.87. The van der Waals surface area contributed by atoms with Crippen molar-refractivity contribution in [3.63, 3.8) is 0 Å². The number of rotatable bonds is 4. The van der Waals surface area contributed by atoms with E-state index in [0.29, 0.717) is 5.92 Å². The fourth-order valence-corrected chi connectivity index (χ4v) is 2.48. The lowest BCUT2D eigenvalue weighted by Gasteiger charge is -2.40. The Labute approximate surface area is 97.1 Å². The average Bonchev–Trinajstić information content (AvgIpc) is 2.74. The van der Waals surface area contributed by atoms with Crippen LogP contribution in [0.2, 0.25) is 0 Å². The van der Waals surface area contributed by atoms with Gasteiger partial charge in [0.05, 0.1) is 12.1 Å². The molecule has 2 aliphatic rings. The number of carbonyl (C=O) groups excluding carboxylic acids is 1. The monoisotopic (exact) mass is 226 g/mol. The lowest BCUT2D eigenvalue weighted by molar-refractivity contribution is -0.140. The van der Waals surface area contributed by atoms with Crippen LogP contribution in [0.25, 0.3) is 0 Å². The molecule has 1 saturated carbocycles. The van der Waals surface area contributed by atoms with Gasteiger partial charge >= 0.3 is 0 Å². The quantitative estimate of drug-likeness (QED) is 0.769. The number of ether oxygens (including phenoxy) is 1. The van der Waals surface area contributed by atoms with Gasteiger partial charge in [0, 0.05) is 25.6 Å². The number of likely N-dealkylation sites (N-methyl/N-ethyl adjacent to an activating group) is 1. The summed E-state index contributed by atoms with van der Waals surface area (Å²) in [6, 6.07) is 0. The molecule has 0 aromatic heterocycles. The Kier molecular flexibility index (Phi) is 3.50. The second-order valence-corrected chi connectivity index (χ2v) is 5.08. The number of hydrogen-bond donors (Lipinski definition) is 1. The predicted octanol–water partition coefficient (Wildman–Crippen LogP) is 0.753. The van der Waals surface area contributed by atoms with Crippen LogP contribution < -0.4 is 5.73 Å². The molecule has 0 bridgehead atoms. The summed E-state index contributed by atoms with van der Waals surface area (Å²) >= 11 is 0. The van der Waals surface area contributed by atoms with E-state index in [-0.39, 0.29) is 5.91 Å². The summed E-state index contributed by atoms with van der Waals surface area (Å²) in [5, 5.41) is 0. The molecule has 1 atom stereocenters. The standard InChI is InChI=1S/C12H22N2O2/c1-2-14(8-10-4-7-16-9-10)11(15)12(13)5-3-6-12/h10H,2-9,13H2,1H3. The summed E-state index contributed by atoms with van der Waals surface area (Å²) < 4.78 is 5.34. The Hall–Kier alpha value is -0.610. The summed E-state index contributed by atoms with van der Waals surface area (Å²) in [6.45, 7) is 5.23. The minimum Gasteiger partial charge on any atom is -0.381 e. The van der Waals surface area contributed by atoms with Crippen LogP contribution in [-0.4, -0.2) is 42.6 Å². The molecule has 4 nitrogen and oxygen atoms in total. The van der Waals surface area contributed by atoms with Gasteiger partial charge in [-0.25, -0.2) is 0 Å². The smallest absolute Gasteiger partial charge is 0.242 e. The highest BCUT2D eigenvalue weighted by atomic mass is 16.5. The highest BCUT2D eigenvalue weighted by Crippen LogP contribution is 2.31. The highest BCUT2D eigenvalue weighted by Gasteiger charge is 2.42. The zero-order valence-corrected chi connectivity index (χ0v) is 10.1. The topological polar surface area (TPSA) is 55.6 Å². The molecule has 0 radical (unpaired) electrons. The molecule has 1 heterocycles. The van der Waals surface area contributed by atoms with Gasteiger partial charge in [-0.1, -0.05) is 0 Å². The molecule has 1 unspecified atom stereocenters. The number of hydrogen-bond acceptors (Lipinski definition) is 3. The Morgan fingerprint density at radius 2 is 2.31 bits per heavy atom. The van der Waals surface area contributed by atoms with Gasteiger partial charge in [0.2, 0.25) is 5.91 Å². The van der Waals surface area contributed by atoms with E-state index in [1.807, 2.05) is 11.8 Å². The molecule has 92 valence electrons. The Morgan fingerprint density at radius 3 is 2.75 bits per heavy atom. The Morgan fingerprint density at radius 1 is 1.56 bits per heavy atom. The number of amides is 1. The first-order valence-electron chi connectivity index (χ1n) is 6.32. The van der Waals surface area contributed by atoms with Crippen LogP contribution in [-0.2, 0) is 9.53 Å². The molecular formula is C12H22N2O2. The number of nitrogens with zero attached hydrogens (tertiary/aromatic N) is 1.